The van der Waals surface area contributed by atoms with Crippen LogP contribution >= 0.6 is 0 Å². The number of hydrogen-bond donors (Lipinski definition) is 1. The van der Waals surface area contributed by atoms with Crippen molar-refractivity contribution in [3.05, 3.63) is 59.7 Å². The molecule has 0 heterocycles. The smallest absolute Gasteiger partial charge is 0.416 e. The highest BCUT2D eigenvalue weighted by atomic mass is 19.4. The van der Waals surface area contributed by atoms with Crippen molar-refractivity contribution in [3.8, 4) is 5.75 Å². The van der Waals surface area contributed by atoms with Crippen LogP contribution < -0.4 is 10.1 Å². The number of benzene rings is 2. The summed E-state index contributed by atoms with van der Waals surface area (Å²) in [6, 6.07) is 12.5. The largest absolute Gasteiger partial charge is 0.497 e. The van der Waals surface area contributed by atoms with Crippen LogP contribution in [0.25, 0.3) is 0 Å². The summed E-state index contributed by atoms with van der Waals surface area (Å²) in [5, 5.41) is 3.07. The Morgan fingerprint density at radius 3 is 2.29 bits per heavy atom. The average Bonchev–Trinajstić information content (AvgIpc) is 2.47. The summed E-state index contributed by atoms with van der Waals surface area (Å²) >= 11 is 0. The minimum Gasteiger partial charge on any atom is -0.497 e. The topological polar surface area (TPSA) is 21.3 Å². The fraction of sp³-hybridized carbons (Fsp3) is 0.250. The Bertz CT molecular complexity index is 593. The zero-order chi connectivity index (χ0) is 15.5. The Morgan fingerprint density at radius 2 is 1.71 bits per heavy atom. The first-order valence-corrected chi connectivity index (χ1v) is 6.48. The number of methoxy groups -OCH3 is 1. The second-order valence-corrected chi connectivity index (χ2v) is 4.72. The molecule has 2 rings (SSSR count). The first-order valence-electron chi connectivity index (χ1n) is 6.48. The van der Waals surface area contributed by atoms with Crippen molar-refractivity contribution in [3.63, 3.8) is 0 Å². The van der Waals surface area contributed by atoms with E-state index in [-0.39, 0.29) is 6.04 Å². The van der Waals surface area contributed by atoms with E-state index >= 15 is 0 Å². The van der Waals surface area contributed by atoms with Gasteiger partial charge in [-0.05, 0) is 42.8 Å². The zero-order valence-electron chi connectivity index (χ0n) is 11.7. The van der Waals surface area contributed by atoms with Gasteiger partial charge in [-0.15, -0.1) is 0 Å². The molecule has 0 saturated carbocycles. The third-order valence-corrected chi connectivity index (χ3v) is 3.19. The highest BCUT2D eigenvalue weighted by Crippen LogP contribution is 2.31. The molecule has 1 atom stereocenters. The highest BCUT2D eigenvalue weighted by molar-refractivity contribution is 5.48. The zero-order valence-corrected chi connectivity index (χ0v) is 11.7. The lowest BCUT2D eigenvalue weighted by molar-refractivity contribution is -0.137. The molecule has 0 fully saturated rings. The van der Waals surface area contributed by atoms with Crippen molar-refractivity contribution in [2.24, 2.45) is 0 Å². The molecule has 5 heteroatoms. The van der Waals surface area contributed by atoms with Crippen LogP contribution in [0.5, 0.6) is 5.75 Å². The molecule has 0 aromatic heterocycles. The van der Waals surface area contributed by atoms with Gasteiger partial charge < -0.3 is 10.1 Å². The van der Waals surface area contributed by atoms with E-state index < -0.39 is 11.7 Å². The Morgan fingerprint density at radius 1 is 1.05 bits per heavy atom. The SMILES string of the molecule is COc1ccc(C(C)Nc2cccc(C(F)(F)F)c2)cc1. The number of anilines is 1. The monoisotopic (exact) mass is 295 g/mol. The molecule has 0 aliphatic heterocycles. The lowest BCUT2D eigenvalue weighted by Gasteiger charge is -2.17. The van der Waals surface area contributed by atoms with Crippen LogP contribution in [0.2, 0.25) is 0 Å². The molecule has 1 unspecified atom stereocenters. The number of hydrogen-bond acceptors (Lipinski definition) is 2. The van der Waals surface area contributed by atoms with Gasteiger partial charge in [-0.3, -0.25) is 0 Å². The third-order valence-electron chi connectivity index (χ3n) is 3.19. The fourth-order valence-corrected chi connectivity index (χ4v) is 2.01. The molecule has 0 amide bonds. The van der Waals surface area contributed by atoms with Crippen LogP contribution in [0.1, 0.15) is 24.1 Å². The van der Waals surface area contributed by atoms with E-state index in [2.05, 4.69) is 5.32 Å². The first-order chi connectivity index (χ1) is 9.90. The van der Waals surface area contributed by atoms with E-state index in [4.69, 9.17) is 4.74 Å². The number of ether oxygens (including phenoxy) is 1. The van der Waals surface area contributed by atoms with E-state index in [0.717, 1.165) is 23.4 Å². The van der Waals surface area contributed by atoms with Crippen molar-refractivity contribution in [2.75, 3.05) is 12.4 Å². The molecule has 0 radical (unpaired) electrons. The van der Waals surface area contributed by atoms with Crippen molar-refractivity contribution >= 4 is 5.69 Å². The van der Waals surface area contributed by atoms with E-state index in [9.17, 15) is 13.2 Å². The van der Waals surface area contributed by atoms with Crippen molar-refractivity contribution in [2.45, 2.75) is 19.1 Å². The number of rotatable bonds is 4. The molecule has 2 aromatic rings. The maximum absolute atomic E-state index is 12.7. The van der Waals surface area contributed by atoms with Crippen LogP contribution in [-0.2, 0) is 6.18 Å². The Labute approximate surface area is 121 Å². The quantitative estimate of drug-likeness (QED) is 0.867. The number of alkyl halides is 3. The molecule has 0 spiro atoms. The predicted molar refractivity (Wildman–Crippen MR) is 76.5 cm³/mol. The summed E-state index contributed by atoms with van der Waals surface area (Å²) in [4.78, 5) is 0. The molecule has 0 saturated heterocycles. The molecular formula is C16H16F3NO. The van der Waals surface area contributed by atoms with Crippen molar-refractivity contribution in [1.29, 1.82) is 0 Å². The van der Waals surface area contributed by atoms with Gasteiger partial charge in [0.2, 0.25) is 0 Å². The van der Waals surface area contributed by atoms with Gasteiger partial charge in [0.05, 0.1) is 12.7 Å². The molecule has 0 bridgehead atoms. The van der Waals surface area contributed by atoms with Gasteiger partial charge in [0, 0.05) is 11.7 Å². The standard InChI is InChI=1S/C16H16F3NO/c1-11(12-6-8-15(21-2)9-7-12)20-14-5-3-4-13(10-14)16(17,18)19/h3-11,20H,1-2H3. The molecule has 0 aliphatic carbocycles. The van der Waals surface area contributed by atoms with E-state index in [0.29, 0.717) is 5.69 Å². The summed E-state index contributed by atoms with van der Waals surface area (Å²) in [6.07, 6.45) is -4.33. The maximum atomic E-state index is 12.7. The Kier molecular flexibility index (Phi) is 4.40. The first kappa shape index (κ1) is 15.2. The summed E-state index contributed by atoms with van der Waals surface area (Å²) in [6.45, 7) is 1.89. The molecule has 2 aromatic carbocycles. The molecule has 1 N–H and O–H groups in total. The van der Waals surface area contributed by atoms with E-state index in [1.54, 1.807) is 13.2 Å². The Balaban J connectivity index is 2.13. The maximum Gasteiger partial charge on any atom is 0.416 e. The highest BCUT2D eigenvalue weighted by Gasteiger charge is 2.30. The van der Waals surface area contributed by atoms with Gasteiger partial charge in [0.25, 0.3) is 0 Å². The average molecular weight is 295 g/mol. The summed E-state index contributed by atoms with van der Waals surface area (Å²) in [7, 11) is 1.58. The molecular weight excluding hydrogens is 279 g/mol. The summed E-state index contributed by atoms with van der Waals surface area (Å²) < 4.78 is 43.1. The summed E-state index contributed by atoms with van der Waals surface area (Å²) in [5.74, 6) is 0.741. The van der Waals surface area contributed by atoms with Crippen LogP contribution in [0.4, 0.5) is 18.9 Å². The second kappa shape index (κ2) is 6.08. The van der Waals surface area contributed by atoms with E-state index in [1.807, 2.05) is 31.2 Å². The van der Waals surface area contributed by atoms with Gasteiger partial charge in [-0.1, -0.05) is 18.2 Å². The van der Waals surface area contributed by atoms with Crippen LogP contribution in [0, 0.1) is 0 Å². The molecule has 112 valence electrons. The van der Waals surface area contributed by atoms with Gasteiger partial charge in [-0.2, -0.15) is 13.2 Å². The van der Waals surface area contributed by atoms with Gasteiger partial charge in [0.15, 0.2) is 0 Å². The minimum atomic E-state index is -4.33. The molecule has 21 heavy (non-hydrogen) atoms. The number of nitrogens with one attached hydrogen (secondary N) is 1. The van der Waals surface area contributed by atoms with Crippen molar-refractivity contribution in [1.82, 2.24) is 0 Å². The third kappa shape index (κ3) is 3.90. The molecule has 2 nitrogen and oxygen atoms in total. The minimum absolute atomic E-state index is 0.112. The summed E-state index contributed by atoms with van der Waals surface area (Å²) in [5.41, 5.74) is 0.746. The fourth-order valence-electron chi connectivity index (χ4n) is 2.01. The normalized spacial score (nSPS) is 12.8. The van der Waals surface area contributed by atoms with E-state index in [1.165, 1.54) is 6.07 Å². The lowest BCUT2D eigenvalue weighted by Crippen LogP contribution is -2.09. The van der Waals surface area contributed by atoms with Gasteiger partial charge in [0.1, 0.15) is 5.75 Å². The van der Waals surface area contributed by atoms with Crippen LogP contribution in [0.15, 0.2) is 48.5 Å². The van der Waals surface area contributed by atoms with Crippen LogP contribution in [0.3, 0.4) is 0 Å². The second-order valence-electron chi connectivity index (χ2n) is 4.72. The predicted octanol–water partition coefficient (Wildman–Crippen LogP) is 4.89. The molecule has 0 aliphatic rings. The Hall–Kier alpha value is -2.17. The van der Waals surface area contributed by atoms with Crippen molar-refractivity contribution < 1.29 is 17.9 Å². The van der Waals surface area contributed by atoms with Gasteiger partial charge in [-0.25, -0.2) is 0 Å². The number of halogens is 3. The van der Waals surface area contributed by atoms with Crippen LogP contribution in [-0.4, -0.2) is 7.11 Å². The lowest BCUT2D eigenvalue weighted by atomic mass is 10.1. The van der Waals surface area contributed by atoms with Gasteiger partial charge >= 0.3 is 6.18 Å².